The maximum atomic E-state index is 12.1. The molecule has 2 aromatic rings. The number of aromatic nitrogens is 2. The summed E-state index contributed by atoms with van der Waals surface area (Å²) in [5.74, 6) is -0.223. The molecule has 0 saturated carbocycles. The molecule has 1 aromatic carbocycles. The normalized spacial score (nSPS) is 10.4. The smallest absolute Gasteiger partial charge is 0.269 e. The molecule has 0 aliphatic heterocycles. The number of nitrogens with two attached hydrogens (primary N) is 1. The standard InChI is InChI=1S/C12H13ClN4OS/c1-2-3-10-11(19-17-16-10)12(18)15-7-4-5-9(14)8(13)6-7/h4-6H,2-3,14H2,1H3,(H,15,18). The Bertz CT molecular complexity index is 599. The Morgan fingerprint density at radius 2 is 2.32 bits per heavy atom. The number of aryl methyl sites for hydroxylation is 1. The van der Waals surface area contributed by atoms with Crippen molar-refractivity contribution in [3.05, 3.63) is 33.8 Å². The Labute approximate surface area is 119 Å². The van der Waals surface area contributed by atoms with E-state index >= 15 is 0 Å². The molecule has 0 saturated heterocycles. The molecule has 0 bridgehead atoms. The number of hydrogen-bond donors (Lipinski definition) is 2. The van der Waals surface area contributed by atoms with E-state index in [-0.39, 0.29) is 5.91 Å². The summed E-state index contributed by atoms with van der Waals surface area (Å²) in [5.41, 5.74) is 7.42. The summed E-state index contributed by atoms with van der Waals surface area (Å²) in [6.07, 6.45) is 1.65. The molecule has 0 aliphatic carbocycles. The lowest BCUT2D eigenvalue weighted by Crippen LogP contribution is -2.12. The van der Waals surface area contributed by atoms with Gasteiger partial charge in [0.15, 0.2) is 0 Å². The van der Waals surface area contributed by atoms with Crippen molar-refractivity contribution in [3.63, 3.8) is 0 Å². The van der Waals surface area contributed by atoms with Crippen molar-refractivity contribution >= 4 is 40.4 Å². The first-order chi connectivity index (χ1) is 9.11. The SMILES string of the molecule is CCCc1nnsc1C(=O)Nc1ccc(N)c(Cl)c1. The van der Waals surface area contributed by atoms with Crippen LogP contribution in [0.15, 0.2) is 18.2 Å². The van der Waals surface area contributed by atoms with Crippen LogP contribution in [0.4, 0.5) is 11.4 Å². The van der Waals surface area contributed by atoms with Crippen LogP contribution in [0.3, 0.4) is 0 Å². The van der Waals surface area contributed by atoms with Gasteiger partial charge in [0, 0.05) is 5.69 Å². The minimum atomic E-state index is -0.223. The molecule has 100 valence electrons. The van der Waals surface area contributed by atoms with E-state index in [1.807, 2.05) is 6.92 Å². The van der Waals surface area contributed by atoms with Gasteiger partial charge in [-0.25, -0.2) is 0 Å². The van der Waals surface area contributed by atoms with Crippen molar-refractivity contribution in [1.82, 2.24) is 9.59 Å². The van der Waals surface area contributed by atoms with Crippen molar-refractivity contribution in [2.45, 2.75) is 19.8 Å². The van der Waals surface area contributed by atoms with Crippen LogP contribution in [-0.4, -0.2) is 15.5 Å². The zero-order valence-electron chi connectivity index (χ0n) is 10.3. The summed E-state index contributed by atoms with van der Waals surface area (Å²) in [5, 5.41) is 7.14. The van der Waals surface area contributed by atoms with Gasteiger partial charge in [-0.15, -0.1) is 5.10 Å². The lowest BCUT2D eigenvalue weighted by molar-refractivity contribution is 0.102. The minimum absolute atomic E-state index is 0.223. The molecule has 0 fully saturated rings. The molecule has 19 heavy (non-hydrogen) atoms. The first-order valence-corrected chi connectivity index (χ1v) is 6.94. The lowest BCUT2D eigenvalue weighted by atomic mass is 10.2. The van der Waals surface area contributed by atoms with Gasteiger partial charge in [0.2, 0.25) is 0 Å². The van der Waals surface area contributed by atoms with Gasteiger partial charge in [-0.2, -0.15) is 0 Å². The molecular weight excluding hydrogens is 284 g/mol. The van der Waals surface area contributed by atoms with E-state index in [9.17, 15) is 4.79 Å². The Morgan fingerprint density at radius 1 is 1.53 bits per heavy atom. The second-order valence-corrected chi connectivity index (χ2v) is 5.15. The van der Waals surface area contributed by atoms with Crippen LogP contribution in [0, 0.1) is 0 Å². The average Bonchev–Trinajstić information content (AvgIpc) is 2.83. The Morgan fingerprint density at radius 3 is 3.00 bits per heavy atom. The molecule has 7 heteroatoms. The van der Waals surface area contributed by atoms with Gasteiger partial charge in [0.1, 0.15) is 4.88 Å². The number of nitrogen functional groups attached to an aromatic ring is 1. The van der Waals surface area contributed by atoms with Crippen LogP contribution in [0.5, 0.6) is 0 Å². The fraction of sp³-hybridized carbons (Fsp3) is 0.250. The highest BCUT2D eigenvalue weighted by Gasteiger charge is 2.16. The van der Waals surface area contributed by atoms with Gasteiger partial charge in [-0.3, -0.25) is 4.79 Å². The van der Waals surface area contributed by atoms with Crippen molar-refractivity contribution in [3.8, 4) is 0 Å². The molecule has 1 aromatic heterocycles. The molecular formula is C12H13ClN4OS. The Kier molecular flexibility index (Phi) is 4.34. The number of carbonyl (C=O) groups is 1. The largest absolute Gasteiger partial charge is 0.398 e. The van der Waals surface area contributed by atoms with Crippen LogP contribution in [-0.2, 0) is 6.42 Å². The summed E-state index contributed by atoms with van der Waals surface area (Å²) in [6, 6.07) is 4.96. The van der Waals surface area contributed by atoms with Crippen LogP contribution < -0.4 is 11.1 Å². The highest BCUT2D eigenvalue weighted by Crippen LogP contribution is 2.23. The monoisotopic (exact) mass is 296 g/mol. The molecule has 0 atom stereocenters. The molecule has 1 amide bonds. The highest BCUT2D eigenvalue weighted by molar-refractivity contribution is 7.08. The summed E-state index contributed by atoms with van der Waals surface area (Å²) < 4.78 is 3.82. The van der Waals surface area contributed by atoms with Gasteiger partial charge in [0.05, 0.1) is 16.4 Å². The van der Waals surface area contributed by atoms with Crippen LogP contribution >= 0.6 is 23.1 Å². The average molecular weight is 297 g/mol. The predicted octanol–water partition coefficient (Wildman–Crippen LogP) is 2.98. The molecule has 0 unspecified atom stereocenters. The van der Waals surface area contributed by atoms with E-state index in [0.29, 0.717) is 21.3 Å². The zero-order valence-corrected chi connectivity index (χ0v) is 11.9. The molecule has 1 heterocycles. The van der Waals surface area contributed by atoms with Gasteiger partial charge >= 0.3 is 0 Å². The van der Waals surface area contributed by atoms with Crippen LogP contribution in [0.25, 0.3) is 0 Å². The van der Waals surface area contributed by atoms with Gasteiger partial charge in [-0.1, -0.05) is 29.4 Å². The van der Waals surface area contributed by atoms with Gasteiger partial charge < -0.3 is 11.1 Å². The molecule has 5 nitrogen and oxygen atoms in total. The van der Waals surface area contributed by atoms with Crippen molar-refractivity contribution in [1.29, 1.82) is 0 Å². The fourth-order valence-corrected chi connectivity index (χ4v) is 2.36. The zero-order chi connectivity index (χ0) is 13.8. The first-order valence-electron chi connectivity index (χ1n) is 5.79. The lowest BCUT2D eigenvalue weighted by Gasteiger charge is -2.06. The number of hydrogen-bond acceptors (Lipinski definition) is 5. The number of nitrogens with zero attached hydrogens (tertiary/aromatic N) is 2. The van der Waals surface area contributed by atoms with E-state index in [0.717, 1.165) is 30.1 Å². The fourth-order valence-electron chi connectivity index (χ4n) is 1.57. The van der Waals surface area contributed by atoms with Crippen LogP contribution in [0.1, 0.15) is 28.7 Å². The quantitative estimate of drug-likeness (QED) is 0.850. The number of benzene rings is 1. The number of halogens is 1. The Balaban J connectivity index is 2.16. The van der Waals surface area contributed by atoms with Crippen molar-refractivity contribution < 1.29 is 4.79 Å². The summed E-state index contributed by atoms with van der Waals surface area (Å²) in [7, 11) is 0. The third-order valence-corrected chi connectivity index (χ3v) is 3.60. The van der Waals surface area contributed by atoms with E-state index in [2.05, 4.69) is 14.9 Å². The number of rotatable bonds is 4. The van der Waals surface area contributed by atoms with E-state index < -0.39 is 0 Å². The Hall–Kier alpha value is -1.66. The van der Waals surface area contributed by atoms with Crippen molar-refractivity contribution in [2.24, 2.45) is 0 Å². The second kappa shape index (κ2) is 5.99. The van der Waals surface area contributed by atoms with Gasteiger partial charge in [-0.05, 0) is 36.2 Å². The molecule has 3 N–H and O–H groups in total. The van der Waals surface area contributed by atoms with E-state index in [1.54, 1.807) is 18.2 Å². The van der Waals surface area contributed by atoms with E-state index in [1.165, 1.54) is 0 Å². The second-order valence-electron chi connectivity index (χ2n) is 3.99. The third-order valence-electron chi connectivity index (χ3n) is 2.51. The van der Waals surface area contributed by atoms with E-state index in [4.69, 9.17) is 17.3 Å². The summed E-state index contributed by atoms with van der Waals surface area (Å²) >= 11 is 7.00. The first kappa shape index (κ1) is 13.8. The van der Waals surface area contributed by atoms with Crippen LogP contribution in [0.2, 0.25) is 5.02 Å². The summed E-state index contributed by atoms with van der Waals surface area (Å²) in [6.45, 7) is 2.03. The van der Waals surface area contributed by atoms with Crippen molar-refractivity contribution in [2.75, 3.05) is 11.1 Å². The summed E-state index contributed by atoms with van der Waals surface area (Å²) in [4.78, 5) is 12.6. The maximum absolute atomic E-state index is 12.1. The maximum Gasteiger partial charge on any atom is 0.269 e. The minimum Gasteiger partial charge on any atom is -0.398 e. The number of nitrogens with one attached hydrogen (secondary N) is 1. The molecule has 2 rings (SSSR count). The van der Waals surface area contributed by atoms with Gasteiger partial charge in [0.25, 0.3) is 5.91 Å². The highest BCUT2D eigenvalue weighted by atomic mass is 35.5. The number of carbonyl (C=O) groups excluding carboxylic acids is 1. The molecule has 0 radical (unpaired) electrons. The molecule has 0 spiro atoms. The topological polar surface area (TPSA) is 80.9 Å². The molecule has 0 aliphatic rings. The predicted molar refractivity (Wildman–Crippen MR) is 77.7 cm³/mol. The third kappa shape index (κ3) is 3.21. The number of anilines is 2. The number of amides is 1.